The van der Waals surface area contributed by atoms with E-state index in [4.69, 9.17) is 16.3 Å². The maximum Gasteiger partial charge on any atom is 0.389 e. The van der Waals surface area contributed by atoms with Gasteiger partial charge in [0.2, 0.25) is 11.8 Å². The van der Waals surface area contributed by atoms with Crippen LogP contribution in [0.5, 0.6) is 5.88 Å². The number of halogens is 4. The van der Waals surface area contributed by atoms with Gasteiger partial charge in [0.1, 0.15) is 11.6 Å². The molecule has 2 N–H and O–H groups in total. The number of carbonyl (C=O) groups excluding carboxylic acids is 1. The van der Waals surface area contributed by atoms with Crippen LogP contribution in [0.2, 0.25) is 5.02 Å². The second-order valence-electron chi connectivity index (χ2n) is 9.25. The fraction of sp³-hybridized carbons (Fsp3) is 0.385. The second kappa shape index (κ2) is 10.5. The van der Waals surface area contributed by atoms with E-state index in [9.17, 15) is 23.1 Å². The smallest absolute Gasteiger partial charge is 0.389 e. The highest BCUT2D eigenvalue weighted by atomic mass is 35.5. The summed E-state index contributed by atoms with van der Waals surface area (Å²) >= 11 is 6.78. The molecule has 3 heterocycles. The van der Waals surface area contributed by atoms with Gasteiger partial charge in [-0.3, -0.25) is 4.79 Å². The van der Waals surface area contributed by atoms with Crippen LogP contribution in [0.1, 0.15) is 47.0 Å². The number of alkyl halides is 3. The van der Waals surface area contributed by atoms with Crippen molar-refractivity contribution in [1.29, 1.82) is 0 Å². The minimum Gasteiger partial charge on any atom is -0.481 e. The molecule has 0 radical (unpaired) electrons. The molecular weight excluding hydrogens is 537 g/mol. The first kappa shape index (κ1) is 28.4. The van der Waals surface area contributed by atoms with Gasteiger partial charge in [0, 0.05) is 32.4 Å². The Morgan fingerprint density at radius 2 is 1.69 bits per heavy atom. The van der Waals surface area contributed by atoms with E-state index in [-0.39, 0.29) is 17.4 Å². The average Bonchev–Trinajstić information content (AvgIpc) is 3.41. The molecule has 0 atom stereocenters. The molecule has 4 aromatic rings. The van der Waals surface area contributed by atoms with Gasteiger partial charge in [0.15, 0.2) is 5.60 Å². The summed E-state index contributed by atoms with van der Waals surface area (Å²) in [4.78, 5) is 25.2. The van der Waals surface area contributed by atoms with E-state index >= 15 is 0 Å². The highest BCUT2D eigenvalue weighted by molar-refractivity contribution is 6.36. The monoisotopic (exact) mass is 564 g/mol. The van der Waals surface area contributed by atoms with Crippen LogP contribution in [0.3, 0.4) is 0 Å². The van der Waals surface area contributed by atoms with Crippen molar-refractivity contribution in [3.8, 4) is 5.88 Å². The molecule has 0 spiro atoms. The van der Waals surface area contributed by atoms with E-state index in [1.165, 1.54) is 7.11 Å². The molecule has 0 aliphatic rings. The third-order valence-electron chi connectivity index (χ3n) is 6.87. The SMILES string of the molecule is COc1nc2ccc(C(O)(c3cnc(C)n3C)c3cnc(C)n3C)cc2c(Cl)c1CNC(=O)CCC(F)(F)F. The van der Waals surface area contributed by atoms with Gasteiger partial charge in [-0.25, -0.2) is 15.0 Å². The standard InChI is InChI=1S/C26H28ClF3N6O3/c1-14-31-12-20(35(14)3)26(38,21-13-32-15(2)36(21)4)16-6-7-19-17(10-16)23(27)18(24(34-19)39-5)11-33-22(37)8-9-25(28,29)30/h6-7,10,12-13,38H,8-9,11H2,1-5H3,(H,33,37). The number of nitrogens with one attached hydrogen (secondary N) is 1. The number of pyridine rings is 1. The Balaban J connectivity index is 1.82. The van der Waals surface area contributed by atoms with E-state index in [2.05, 4.69) is 20.3 Å². The topological polar surface area (TPSA) is 107 Å². The van der Waals surface area contributed by atoms with Gasteiger partial charge >= 0.3 is 6.18 Å². The maximum atomic E-state index is 12.5. The van der Waals surface area contributed by atoms with Gasteiger partial charge < -0.3 is 24.3 Å². The summed E-state index contributed by atoms with van der Waals surface area (Å²) in [5.74, 6) is 0.718. The summed E-state index contributed by atoms with van der Waals surface area (Å²) in [7, 11) is 4.97. The first-order valence-corrected chi connectivity index (χ1v) is 12.4. The van der Waals surface area contributed by atoms with Crippen molar-refractivity contribution in [2.45, 2.75) is 45.0 Å². The number of rotatable bonds is 8. The van der Waals surface area contributed by atoms with Gasteiger partial charge in [0.05, 0.1) is 53.4 Å². The van der Waals surface area contributed by atoms with Gasteiger partial charge in [-0.05, 0) is 31.5 Å². The van der Waals surface area contributed by atoms with Crippen molar-refractivity contribution < 1.29 is 27.8 Å². The van der Waals surface area contributed by atoms with Crippen molar-refractivity contribution in [2.24, 2.45) is 14.1 Å². The number of benzene rings is 1. The number of hydrogen-bond donors (Lipinski definition) is 2. The second-order valence-corrected chi connectivity index (χ2v) is 9.63. The summed E-state index contributed by atoms with van der Waals surface area (Å²) in [6.07, 6.45) is -3.20. The first-order valence-electron chi connectivity index (χ1n) is 12.0. The Hall–Kier alpha value is -3.64. The fourth-order valence-electron chi connectivity index (χ4n) is 4.42. The lowest BCUT2D eigenvalue weighted by Gasteiger charge is -2.30. The first-order chi connectivity index (χ1) is 18.3. The molecule has 3 aromatic heterocycles. The Bertz CT molecular complexity index is 1500. The molecule has 1 aromatic carbocycles. The van der Waals surface area contributed by atoms with E-state index in [1.807, 2.05) is 13.8 Å². The van der Waals surface area contributed by atoms with Crippen molar-refractivity contribution >= 4 is 28.4 Å². The molecule has 0 unspecified atom stereocenters. The Kier molecular flexibility index (Phi) is 7.63. The third-order valence-corrected chi connectivity index (χ3v) is 7.30. The summed E-state index contributed by atoms with van der Waals surface area (Å²) < 4.78 is 46.4. The summed E-state index contributed by atoms with van der Waals surface area (Å²) in [6.45, 7) is 3.44. The van der Waals surface area contributed by atoms with Crippen molar-refractivity contribution in [3.63, 3.8) is 0 Å². The number of aryl methyl sites for hydroxylation is 2. The van der Waals surface area contributed by atoms with Crippen LogP contribution >= 0.6 is 11.6 Å². The lowest BCUT2D eigenvalue weighted by molar-refractivity contribution is -0.144. The predicted molar refractivity (Wildman–Crippen MR) is 138 cm³/mol. The molecule has 0 fully saturated rings. The Labute approximate surface area is 227 Å². The number of ether oxygens (including phenoxy) is 1. The minimum atomic E-state index is -4.44. The number of carbonyl (C=O) groups is 1. The normalized spacial score (nSPS) is 12.3. The average molecular weight is 565 g/mol. The van der Waals surface area contributed by atoms with E-state index in [0.717, 1.165) is 0 Å². The van der Waals surface area contributed by atoms with Gasteiger partial charge in [-0.2, -0.15) is 13.2 Å². The summed E-state index contributed by atoms with van der Waals surface area (Å²) in [5.41, 5.74) is 0.511. The van der Waals surface area contributed by atoms with Crippen LogP contribution in [0, 0.1) is 13.8 Å². The summed E-state index contributed by atoms with van der Waals surface area (Å²) in [5, 5.41) is 15.5. The number of fused-ring (bicyclic) bond motifs is 1. The van der Waals surface area contributed by atoms with E-state index in [0.29, 0.717) is 45.1 Å². The molecule has 0 aliphatic heterocycles. The van der Waals surface area contributed by atoms with Gasteiger partial charge in [-0.15, -0.1) is 0 Å². The Morgan fingerprint density at radius 3 is 2.18 bits per heavy atom. The maximum absolute atomic E-state index is 12.5. The lowest BCUT2D eigenvalue weighted by Crippen LogP contribution is -2.33. The van der Waals surface area contributed by atoms with E-state index < -0.39 is 30.5 Å². The zero-order valence-corrected chi connectivity index (χ0v) is 22.8. The number of nitrogens with zero attached hydrogens (tertiary/aromatic N) is 5. The largest absolute Gasteiger partial charge is 0.481 e. The van der Waals surface area contributed by atoms with Gasteiger partial charge in [0.25, 0.3) is 0 Å². The van der Waals surface area contributed by atoms with Crippen molar-refractivity contribution in [1.82, 2.24) is 29.4 Å². The molecule has 208 valence electrons. The number of aromatic nitrogens is 5. The number of imidazole rings is 2. The number of hydrogen-bond acceptors (Lipinski definition) is 6. The molecule has 4 rings (SSSR count). The molecule has 39 heavy (non-hydrogen) atoms. The zero-order valence-electron chi connectivity index (χ0n) is 22.0. The van der Waals surface area contributed by atoms with Crippen molar-refractivity contribution in [3.05, 3.63) is 69.8 Å². The number of aliphatic hydroxyl groups is 1. The van der Waals surface area contributed by atoms with Crippen LogP contribution in [0.4, 0.5) is 13.2 Å². The van der Waals surface area contributed by atoms with Crippen LogP contribution in [-0.2, 0) is 31.0 Å². The molecule has 9 nitrogen and oxygen atoms in total. The fourth-order valence-corrected chi connectivity index (χ4v) is 4.72. The third kappa shape index (κ3) is 5.30. The molecule has 1 amide bonds. The van der Waals surface area contributed by atoms with Crippen LogP contribution in [-0.4, -0.2) is 48.4 Å². The Morgan fingerprint density at radius 1 is 1.10 bits per heavy atom. The molecule has 0 aliphatic carbocycles. The minimum absolute atomic E-state index is 0.121. The highest BCUT2D eigenvalue weighted by Crippen LogP contribution is 2.40. The molecule has 0 saturated heterocycles. The van der Waals surface area contributed by atoms with Crippen LogP contribution in [0.15, 0.2) is 30.6 Å². The number of methoxy groups -OCH3 is 1. The zero-order chi connectivity index (χ0) is 28.7. The van der Waals surface area contributed by atoms with Crippen LogP contribution < -0.4 is 10.1 Å². The highest BCUT2D eigenvalue weighted by Gasteiger charge is 2.40. The number of amides is 1. The lowest BCUT2D eigenvalue weighted by atomic mass is 9.86. The molecular formula is C26H28ClF3N6O3. The van der Waals surface area contributed by atoms with Gasteiger partial charge in [-0.1, -0.05) is 17.7 Å². The molecule has 13 heteroatoms. The molecule has 0 bridgehead atoms. The summed E-state index contributed by atoms with van der Waals surface area (Å²) in [6, 6.07) is 5.08. The molecule has 0 saturated carbocycles. The van der Waals surface area contributed by atoms with E-state index in [1.54, 1.807) is 53.8 Å². The van der Waals surface area contributed by atoms with Crippen LogP contribution in [0.25, 0.3) is 10.9 Å². The predicted octanol–water partition coefficient (Wildman–Crippen LogP) is 4.22. The van der Waals surface area contributed by atoms with Crippen molar-refractivity contribution in [2.75, 3.05) is 7.11 Å². The quantitative estimate of drug-likeness (QED) is 0.332.